The van der Waals surface area contributed by atoms with E-state index in [2.05, 4.69) is 10.3 Å². The van der Waals surface area contributed by atoms with Gasteiger partial charge in [-0.15, -0.1) is 11.3 Å². The normalized spacial score (nSPS) is 27.6. The second-order valence-corrected chi connectivity index (χ2v) is 6.68. The van der Waals surface area contributed by atoms with E-state index in [1.807, 2.05) is 5.38 Å². The van der Waals surface area contributed by atoms with E-state index in [0.717, 1.165) is 24.3 Å². The molecule has 0 spiro atoms. The van der Waals surface area contributed by atoms with Crippen LogP contribution in [0.3, 0.4) is 0 Å². The maximum absolute atomic E-state index is 12.3. The lowest BCUT2D eigenvalue weighted by Gasteiger charge is -2.24. The first-order valence-corrected chi connectivity index (χ1v) is 8.20. The van der Waals surface area contributed by atoms with Gasteiger partial charge in [-0.2, -0.15) is 0 Å². The monoisotopic (exact) mass is 309 g/mol. The van der Waals surface area contributed by atoms with Crippen LogP contribution >= 0.6 is 11.3 Å². The molecule has 1 aliphatic carbocycles. The molecular weight excluding hydrogens is 290 g/mol. The number of carboxylic acid groups (broad SMARTS) is 1. The van der Waals surface area contributed by atoms with E-state index in [-0.39, 0.29) is 11.9 Å². The molecular formula is C14H19N3O3S. The Morgan fingerprint density at radius 2 is 2.33 bits per heavy atom. The van der Waals surface area contributed by atoms with Crippen molar-refractivity contribution in [2.75, 3.05) is 13.1 Å². The fourth-order valence-corrected chi connectivity index (χ4v) is 4.21. The first-order valence-electron chi connectivity index (χ1n) is 7.32. The molecule has 1 saturated heterocycles. The number of nitrogens with zero attached hydrogens (tertiary/aromatic N) is 2. The molecule has 2 heterocycles. The van der Waals surface area contributed by atoms with Crippen LogP contribution < -0.4 is 5.32 Å². The lowest BCUT2D eigenvalue weighted by atomic mass is 9.94. The zero-order valence-corrected chi connectivity index (χ0v) is 12.5. The molecule has 2 amide bonds. The Hall–Kier alpha value is -1.63. The molecule has 2 aliphatic rings. The summed E-state index contributed by atoms with van der Waals surface area (Å²) in [5.41, 5.74) is 0. The standard InChI is InChI=1S/C14H19N3O3S/c18-13(19)12-10-3-1-2-9(10)8-17(12)14(20)16-5-4-11-15-6-7-21-11/h6-7,9-10,12H,1-5,8H2,(H,16,20)(H,18,19). The lowest BCUT2D eigenvalue weighted by molar-refractivity contribution is -0.142. The molecule has 3 unspecified atom stereocenters. The zero-order valence-electron chi connectivity index (χ0n) is 11.7. The van der Waals surface area contributed by atoms with Crippen LogP contribution in [0.5, 0.6) is 0 Å². The Bertz CT molecular complexity index is 520. The predicted octanol–water partition coefficient (Wildman–Crippen LogP) is 1.58. The first kappa shape index (κ1) is 14.3. The third kappa shape index (κ3) is 2.88. The van der Waals surface area contributed by atoms with Crippen molar-refractivity contribution in [2.45, 2.75) is 31.7 Å². The number of hydrogen-bond donors (Lipinski definition) is 2. The van der Waals surface area contributed by atoms with Crippen LogP contribution in [0.1, 0.15) is 24.3 Å². The van der Waals surface area contributed by atoms with Crippen molar-refractivity contribution in [1.29, 1.82) is 0 Å². The van der Waals surface area contributed by atoms with E-state index < -0.39 is 12.0 Å². The third-order valence-electron chi connectivity index (χ3n) is 4.50. The molecule has 3 rings (SSSR count). The molecule has 0 bridgehead atoms. The maximum atomic E-state index is 12.3. The van der Waals surface area contributed by atoms with Gasteiger partial charge < -0.3 is 15.3 Å². The van der Waals surface area contributed by atoms with Crippen molar-refractivity contribution in [3.63, 3.8) is 0 Å². The number of urea groups is 1. The maximum Gasteiger partial charge on any atom is 0.326 e. The van der Waals surface area contributed by atoms with Gasteiger partial charge in [0.15, 0.2) is 0 Å². The van der Waals surface area contributed by atoms with Gasteiger partial charge >= 0.3 is 12.0 Å². The topological polar surface area (TPSA) is 82.5 Å². The summed E-state index contributed by atoms with van der Waals surface area (Å²) >= 11 is 1.56. The summed E-state index contributed by atoms with van der Waals surface area (Å²) in [4.78, 5) is 29.4. The number of aliphatic carboxylic acids is 1. The molecule has 0 aromatic carbocycles. The fourth-order valence-electron chi connectivity index (χ4n) is 3.59. The molecule has 1 aromatic rings. The van der Waals surface area contributed by atoms with Crippen LogP contribution in [0.25, 0.3) is 0 Å². The molecule has 0 radical (unpaired) electrons. The summed E-state index contributed by atoms with van der Waals surface area (Å²) in [6.45, 7) is 1.06. The van der Waals surface area contributed by atoms with Gasteiger partial charge in [-0.3, -0.25) is 0 Å². The van der Waals surface area contributed by atoms with Crippen LogP contribution in [-0.4, -0.2) is 46.1 Å². The van der Waals surface area contributed by atoms with Gasteiger partial charge in [0.05, 0.1) is 5.01 Å². The minimum atomic E-state index is -0.875. The highest BCUT2D eigenvalue weighted by atomic mass is 32.1. The smallest absolute Gasteiger partial charge is 0.326 e. The molecule has 3 atom stereocenters. The molecule has 1 aromatic heterocycles. The number of amides is 2. The average molecular weight is 309 g/mol. The molecule has 2 fully saturated rings. The number of fused-ring (bicyclic) bond motifs is 1. The van der Waals surface area contributed by atoms with Crippen LogP contribution in [0.15, 0.2) is 11.6 Å². The fraction of sp³-hybridized carbons (Fsp3) is 0.643. The molecule has 21 heavy (non-hydrogen) atoms. The van der Waals surface area contributed by atoms with Crippen molar-refractivity contribution >= 4 is 23.3 Å². The summed E-state index contributed by atoms with van der Waals surface area (Å²) in [5.74, 6) is -0.387. The summed E-state index contributed by atoms with van der Waals surface area (Å²) in [7, 11) is 0. The first-order chi connectivity index (χ1) is 10.2. The minimum Gasteiger partial charge on any atom is -0.480 e. The van der Waals surface area contributed by atoms with Gasteiger partial charge in [0.1, 0.15) is 6.04 Å². The largest absolute Gasteiger partial charge is 0.480 e. The third-order valence-corrected chi connectivity index (χ3v) is 5.34. The highest BCUT2D eigenvalue weighted by molar-refractivity contribution is 7.09. The van der Waals surface area contributed by atoms with Gasteiger partial charge in [0.2, 0.25) is 0 Å². The molecule has 2 N–H and O–H groups in total. The van der Waals surface area contributed by atoms with E-state index in [9.17, 15) is 14.7 Å². The Balaban J connectivity index is 1.57. The number of carboxylic acids is 1. The van der Waals surface area contributed by atoms with E-state index in [0.29, 0.717) is 25.4 Å². The summed E-state index contributed by atoms with van der Waals surface area (Å²) in [5, 5.41) is 15.1. The number of hydrogen-bond acceptors (Lipinski definition) is 4. The highest BCUT2D eigenvalue weighted by Gasteiger charge is 2.49. The number of nitrogens with one attached hydrogen (secondary N) is 1. The van der Waals surface area contributed by atoms with Crippen molar-refractivity contribution in [1.82, 2.24) is 15.2 Å². The second kappa shape index (κ2) is 6.01. The molecule has 6 nitrogen and oxygen atoms in total. The summed E-state index contributed by atoms with van der Waals surface area (Å²) in [6, 6.07) is -0.911. The van der Waals surface area contributed by atoms with Gasteiger partial charge in [-0.25, -0.2) is 14.6 Å². The number of carbonyl (C=O) groups excluding carboxylic acids is 1. The van der Waals surface area contributed by atoms with Crippen LogP contribution in [0.2, 0.25) is 0 Å². The Morgan fingerprint density at radius 1 is 1.48 bits per heavy atom. The average Bonchev–Trinajstić information content (AvgIpc) is 3.13. The summed E-state index contributed by atoms with van der Waals surface area (Å²) < 4.78 is 0. The quantitative estimate of drug-likeness (QED) is 0.884. The molecule has 114 valence electrons. The van der Waals surface area contributed by atoms with E-state index in [1.54, 1.807) is 17.5 Å². The highest BCUT2D eigenvalue weighted by Crippen LogP contribution is 2.42. The zero-order chi connectivity index (χ0) is 14.8. The van der Waals surface area contributed by atoms with E-state index in [1.165, 1.54) is 4.90 Å². The molecule has 1 saturated carbocycles. The van der Waals surface area contributed by atoms with Crippen molar-refractivity contribution in [3.8, 4) is 0 Å². The molecule has 1 aliphatic heterocycles. The van der Waals surface area contributed by atoms with Crippen LogP contribution in [-0.2, 0) is 11.2 Å². The van der Waals surface area contributed by atoms with Crippen LogP contribution in [0, 0.1) is 11.8 Å². The number of aromatic nitrogens is 1. The number of carbonyl (C=O) groups is 2. The van der Waals surface area contributed by atoms with Crippen molar-refractivity contribution in [2.24, 2.45) is 11.8 Å². The van der Waals surface area contributed by atoms with Gasteiger partial charge in [-0.05, 0) is 24.7 Å². The SMILES string of the molecule is O=C(O)C1C2CCCC2CN1C(=O)NCCc1nccs1. The lowest BCUT2D eigenvalue weighted by Crippen LogP contribution is -2.48. The number of thiazole rings is 1. The number of likely N-dealkylation sites (tertiary alicyclic amines) is 1. The Labute approximate surface area is 127 Å². The summed E-state index contributed by atoms with van der Waals surface area (Å²) in [6.07, 6.45) is 5.46. The Kier molecular flexibility index (Phi) is 4.10. The van der Waals surface area contributed by atoms with Gasteiger partial charge in [0, 0.05) is 31.1 Å². The molecule has 7 heteroatoms. The second-order valence-electron chi connectivity index (χ2n) is 5.70. The van der Waals surface area contributed by atoms with Gasteiger partial charge in [-0.1, -0.05) is 6.42 Å². The van der Waals surface area contributed by atoms with Crippen molar-refractivity contribution in [3.05, 3.63) is 16.6 Å². The van der Waals surface area contributed by atoms with Crippen LogP contribution in [0.4, 0.5) is 4.79 Å². The minimum absolute atomic E-state index is 0.132. The van der Waals surface area contributed by atoms with E-state index in [4.69, 9.17) is 0 Å². The Morgan fingerprint density at radius 3 is 3.05 bits per heavy atom. The number of rotatable bonds is 4. The van der Waals surface area contributed by atoms with Crippen molar-refractivity contribution < 1.29 is 14.7 Å². The van der Waals surface area contributed by atoms with E-state index >= 15 is 0 Å². The van der Waals surface area contributed by atoms with Gasteiger partial charge in [0.25, 0.3) is 0 Å². The predicted molar refractivity (Wildman–Crippen MR) is 78.2 cm³/mol.